The summed E-state index contributed by atoms with van der Waals surface area (Å²) in [6.45, 7) is 0.358. The molecule has 4 rings (SSSR count). The van der Waals surface area contributed by atoms with E-state index in [1.54, 1.807) is 18.3 Å². The van der Waals surface area contributed by atoms with Gasteiger partial charge in [0.2, 0.25) is 0 Å². The number of carbonyl (C=O) groups excluding carboxylic acids is 2. The zero-order valence-electron chi connectivity index (χ0n) is 15.0. The number of benzene rings is 3. The first-order valence-electron chi connectivity index (χ1n) is 8.82. The molecule has 0 saturated heterocycles. The van der Waals surface area contributed by atoms with Crippen LogP contribution in [0.2, 0.25) is 0 Å². The fraction of sp³-hybridized carbons (Fsp3) is 0.0455. The Morgan fingerprint density at radius 2 is 1.68 bits per heavy atom. The Morgan fingerprint density at radius 3 is 2.46 bits per heavy atom. The van der Waals surface area contributed by atoms with Crippen LogP contribution in [0.15, 0.2) is 72.9 Å². The van der Waals surface area contributed by atoms with E-state index >= 15 is 0 Å². The SMILES string of the molecule is NC(=O)Nc1ccc(CNC(=O)c2cc3ccccc3c3cccnc23)cc1. The van der Waals surface area contributed by atoms with Crippen LogP contribution in [0.25, 0.3) is 21.7 Å². The number of pyridine rings is 1. The number of primary amides is 1. The van der Waals surface area contributed by atoms with Gasteiger partial charge in [-0.3, -0.25) is 9.78 Å². The Labute approximate surface area is 161 Å². The molecular formula is C22H18N4O2. The number of urea groups is 1. The minimum absolute atomic E-state index is 0.186. The molecule has 138 valence electrons. The molecule has 0 aliphatic heterocycles. The third-order valence-electron chi connectivity index (χ3n) is 4.53. The second kappa shape index (κ2) is 7.36. The second-order valence-electron chi connectivity index (χ2n) is 6.41. The molecule has 3 amide bonds. The number of anilines is 1. The Bertz CT molecular complexity index is 1190. The predicted octanol–water partition coefficient (Wildman–Crippen LogP) is 3.81. The van der Waals surface area contributed by atoms with Gasteiger partial charge < -0.3 is 16.4 Å². The first-order chi connectivity index (χ1) is 13.6. The molecule has 4 aromatic rings. The van der Waals surface area contributed by atoms with E-state index in [-0.39, 0.29) is 5.91 Å². The Kier molecular flexibility index (Phi) is 4.60. The topological polar surface area (TPSA) is 97.1 Å². The minimum atomic E-state index is -0.614. The van der Waals surface area contributed by atoms with E-state index in [0.717, 1.165) is 21.7 Å². The van der Waals surface area contributed by atoms with Crippen LogP contribution in [-0.2, 0) is 6.54 Å². The summed E-state index contributed by atoms with van der Waals surface area (Å²) >= 11 is 0. The first kappa shape index (κ1) is 17.5. The Balaban J connectivity index is 1.59. The van der Waals surface area contributed by atoms with Crippen molar-refractivity contribution in [2.75, 3.05) is 5.32 Å². The van der Waals surface area contributed by atoms with Crippen LogP contribution in [0.1, 0.15) is 15.9 Å². The van der Waals surface area contributed by atoms with Gasteiger partial charge in [-0.15, -0.1) is 0 Å². The maximum Gasteiger partial charge on any atom is 0.316 e. The highest BCUT2D eigenvalue weighted by Gasteiger charge is 2.14. The second-order valence-corrected chi connectivity index (χ2v) is 6.41. The van der Waals surface area contributed by atoms with E-state index in [4.69, 9.17) is 5.73 Å². The molecule has 6 nitrogen and oxygen atoms in total. The summed E-state index contributed by atoms with van der Waals surface area (Å²) in [5.41, 5.74) is 7.83. The molecule has 0 bridgehead atoms. The minimum Gasteiger partial charge on any atom is -0.351 e. The third kappa shape index (κ3) is 3.48. The number of hydrogen-bond acceptors (Lipinski definition) is 3. The molecule has 6 heteroatoms. The smallest absolute Gasteiger partial charge is 0.316 e. The fourth-order valence-corrected chi connectivity index (χ4v) is 3.23. The van der Waals surface area contributed by atoms with Crippen LogP contribution in [0.4, 0.5) is 10.5 Å². The number of nitrogens with two attached hydrogens (primary N) is 1. The van der Waals surface area contributed by atoms with E-state index in [1.807, 2.05) is 54.6 Å². The summed E-state index contributed by atoms with van der Waals surface area (Å²) in [6.07, 6.45) is 1.69. The maximum absolute atomic E-state index is 12.9. The van der Waals surface area contributed by atoms with Gasteiger partial charge in [0.15, 0.2) is 0 Å². The van der Waals surface area contributed by atoms with Crippen molar-refractivity contribution in [3.63, 3.8) is 0 Å². The molecule has 0 atom stereocenters. The average Bonchev–Trinajstić information content (AvgIpc) is 2.72. The molecule has 0 aliphatic rings. The van der Waals surface area contributed by atoms with Gasteiger partial charge in [0, 0.05) is 23.8 Å². The standard InChI is InChI=1S/C22H18N4O2/c23-22(28)26-16-9-7-14(8-10-16)13-25-21(27)19-12-15-4-1-2-5-17(15)18-6-3-11-24-20(18)19/h1-12H,13H2,(H,25,27)(H3,23,26,28). The Hall–Kier alpha value is -3.93. The normalized spacial score (nSPS) is 10.7. The lowest BCUT2D eigenvalue weighted by Crippen LogP contribution is -2.23. The number of aromatic nitrogens is 1. The van der Waals surface area contributed by atoms with E-state index < -0.39 is 6.03 Å². The molecule has 1 heterocycles. The van der Waals surface area contributed by atoms with Crippen molar-refractivity contribution >= 4 is 39.3 Å². The number of rotatable bonds is 4. The zero-order valence-corrected chi connectivity index (χ0v) is 15.0. The van der Waals surface area contributed by atoms with Gasteiger partial charge in [-0.25, -0.2) is 4.79 Å². The van der Waals surface area contributed by atoms with Crippen molar-refractivity contribution in [1.29, 1.82) is 0 Å². The molecule has 28 heavy (non-hydrogen) atoms. The molecule has 4 N–H and O–H groups in total. The van der Waals surface area contributed by atoms with E-state index in [0.29, 0.717) is 23.3 Å². The zero-order chi connectivity index (χ0) is 19.5. The van der Waals surface area contributed by atoms with Crippen molar-refractivity contribution in [3.8, 4) is 0 Å². The molecule has 0 radical (unpaired) electrons. The van der Waals surface area contributed by atoms with Crippen molar-refractivity contribution in [3.05, 3.63) is 84.1 Å². The summed E-state index contributed by atoms with van der Waals surface area (Å²) in [7, 11) is 0. The molecule has 0 spiro atoms. The van der Waals surface area contributed by atoms with Crippen LogP contribution in [0.3, 0.4) is 0 Å². The van der Waals surface area contributed by atoms with Gasteiger partial charge in [0.1, 0.15) is 0 Å². The van der Waals surface area contributed by atoms with Crippen LogP contribution < -0.4 is 16.4 Å². The summed E-state index contributed by atoms with van der Waals surface area (Å²) < 4.78 is 0. The van der Waals surface area contributed by atoms with Gasteiger partial charge in [0.25, 0.3) is 5.91 Å². The highest BCUT2D eigenvalue weighted by molar-refractivity contribution is 6.15. The molecule has 0 aliphatic carbocycles. The summed E-state index contributed by atoms with van der Waals surface area (Å²) in [5.74, 6) is -0.186. The van der Waals surface area contributed by atoms with Crippen LogP contribution in [0.5, 0.6) is 0 Å². The molecule has 0 fully saturated rings. The lowest BCUT2D eigenvalue weighted by Gasteiger charge is -2.11. The lowest BCUT2D eigenvalue weighted by molar-refractivity contribution is 0.0952. The summed E-state index contributed by atoms with van der Waals surface area (Å²) in [6, 6.07) is 20.2. The van der Waals surface area contributed by atoms with E-state index in [9.17, 15) is 9.59 Å². The quantitative estimate of drug-likeness (QED) is 0.477. The summed E-state index contributed by atoms with van der Waals surface area (Å²) in [4.78, 5) is 28.2. The maximum atomic E-state index is 12.9. The van der Waals surface area contributed by atoms with Gasteiger partial charge in [-0.2, -0.15) is 0 Å². The van der Waals surface area contributed by atoms with Gasteiger partial charge in [0.05, 0.1) is 11.1 Å². The third-order valence-corrected chi connectivity index (χ3v) is 4.53. The van der Waals surface area contributed by atoms with Gasteiger partial charge in [-0.1, -0.05) is 42.5 Å². The molecule has 0 unspecified atom stereocenters. The molecule has 3 aromatic carbocycles. The molecule has 1 aromatic heterocycles. The van der Waals surface area contributed by atoms with Crippen LogP contribution >= 0.6 is 0 Å². The Morgan fingerprint density at radius 1 is 0.929 bits per heavy atom. The summed E-state index contributed by atoms with van der Waals surface area (Å²) in [5, 5.41) is 8.46. The predicted molar refractivity (Wildman–Crippen MR) is 110 cm³/mol. The fourth-order valence-electron chi connectivity index (χ4n) is 3.23. The number of nitrogens with one attached hydrogen (secondary N) is 2. The van der Waals surface area contributed by atoms with Crippen LogP contribution in [-0.4, -0.2) is 16.9 Å². The van der Waals surface area contributed by atoms with Crippen LogP contribution in [0, 0.1) is 0 Å². The first-order valence-corrected chi connectivity index (χ1v) is 8.82. The molecular weight excluding hydrogens is 352 g/mol. The van der Waals surface area contributed by atoms with Gasteiger partial charge >= 0.3 is 6.03 Å². The van der Waals surface area contributed by atoms with Crippen molar-refractivity contribution in [1.82, 2.24) is 10.3 Å². The highest BCUT2D eigenvalue weighted by atomic mass is 16.2. The van der Waals surface area contributed by atoms with E-state index in [2.05, 4.69) is 15.6 Å². The monoisotopic (exact) mass is 370 g/mol. The van der Waals surface area contributed by atoms with E-state index in [1.165, 1.54) is 0 Å². The van der Waals surface area contributed by atoms with Gasteiger partial charge in [-0.05, 0) is 40.6 Å². The highest BCUT2D eigenvalue weighted by Crippen LogP contribution is 2.27. The average molecular weight is 370 g/mol. The number of amides is 3. The van der Waals surface area contributed by atoms with Crippen molar-refractivity contribution in [2.24, 2.45) is 5.73 Å². The number of carbonyl (C=O) groups is 2. The number of hydrogen-bond donors (Lipinski definition) is 3. The van der Waals surface area contributed by atoms with Crippen molar-refractivity contribution < 1.29 is 9.59 Å². The number of fused-ring (bicyclic) bond motifs is 3. The molecule has 0 saturated carbocycles. The largest absolute Gasteiger partial charge is 0.351 e. The lowest BCUT2D eigenvalue weighted by atomic mass is 10.0. The number of nitrogens with zero attached hydrogens (tertiary/aromatic N) is 1. The van der Waals surface area contributed by atoms with Crippen molar-refractivity contribution in [2.45, 2.75) is 6.54 Å².